The van der Waals surface area contributed by atoms with Crippen LogP contribution in [-0.4, -0.2) is 193 Å². The molecular formula is C80H139NO18. The van der Waals surface area contributed by atoms with E-state index in [0.717, 1.165) is 103 Å². The quantitative estimate of drug-likeness (QED) is 0.0199. The molecule has 19 heteroatoms. The van der Waals surface area contributed by atoms with Crippen LogP contribution in [-0.2, 0) is 33.2 Å². The maximum absolute atomic E-state index is 13.4. The predicted molar refractivity (Wildman–Crippen MR) is 392 cm³/mol. The van der Waals surface area contributed by atoms with Crippen LogP contribution in [0.15, 0.2) is 97.2 Å². The van der Waals surface area contributed by atoms with Crippen molar-refractivity contribution >= 4 is 5.91 Å². The highest BCUT2D eigenvalue weighted by atomic mass is 16.8. The molecule has 12 N–H and O–H groups in total. The van der Waals surface area contributed by atoms with Gasteiger partial charge in [-0.3, -0.25) is 4.79 Å². The number of carbonyl (C=O) groups is 1. The van der Waals surface area contributed by atoms with Crippen molar-refractivity contribution in [1.29, 1.82) is 0 Å². The molecule has 1 amide bonds. The zero-order valence-electron chi connectivity index (χ0n) is 60.9. The topological polar surface area (TPSA) is 307 Å². The Morgan fingerprint density at radius 3 is 1.13 bits per heavy atom. The number of amides is 1. The summed E-state index contributed by atoms with van der Waals surface area (Å²) in [7, 11) is 0. The molecule has 99 heavy (non-hydrogen) atoms. The molecule has 0 aromatic carbocycles. The molecule has 3 heterocycles. The minimum atomic E-state index is -1.99. The van der Waals surface area contributed by atoms with Crippen molar-refractivity contribution in [2.24, 2.45) is 0 Å². The molecule has 0 aromatic heterocycles. The lowest BCUT2D eigenvalue weighted by Gasteiger charge is -2.48. The molecule has 17 atom stereocenters. The van der Waals surface area contributed by atoms with E-state index in [2.05, 4.69) is 104 Å². The second-order valence-corrected chi connectivity index (χ2v) is 27.4. The number of hydrogen-bond donors (Lipinski definition) is 12. The van der Waals surface area contributed by atoms with Gasteiger partial charge in [-0.25, -0.2) is 0 Å². The van der Waals surface area contributed by atoms with Crippen LogP contribution in [0.1, 0.15) is 271 Å². The molecule has 0 aromatic rings. The van der Waals surface area contributed by atoms with Gasteiger partial charge in [0.05, 0.1) is 38.6 Å². The van der Waals surface area contributed by atoms with Crippen molar-refractivity contribution in [3.63, 3.8) is 0 Å². The molecule has 572 valence electrons. The van der Waals surface area contributed by atoms with Gasteiger partial charge in [0.25, 0.3) is 0 Å². The van der Waals surface area contributed by atoms with Crippen LogP contribution in [0.5, 0.6) is 0 Å². The largest absolute Gasteiger partial charge is 0.394 e. The highest BCUT2D eigenvalue weighted by Crippen LogP contribution is 2.33. The van der Waals surface area contributed by atoms with Gasteiger partial charge < -0.3 is 89.9 Å². The maximum atomic E-state index is 13.4. The molecular weight excluding hydrogens is 1260 g/mol. The van der Waals surface area contributed by atoms with Crippen LogP contribution < -0.4 is 5.32 Å². The van der Waals surface area contributed by atoms with Crippen molar-refractivity contribution in [1.82, 2.24) is 5.32 Å². The smallest absolute Gasteiger partial charge is 0.220 e. The number of ether oxygens (including phenoxy) is 6. The molecule has 19 nitrogen and oxygen atoms in total. The van der Waals surface area contributed by atoms with Gasteiger partial charge in [0, 0.05) is 6.42 Å². The second-order valence-electron chi connectivity index (χ2n) is 27.4. The summed E-state index contributed by atoms with van der Waals surface area (Å²) in [5.41, 5.74) is 0. The molecule has 0 aliphatic carbocycles. The minimum absolute atomic E-state index is 0.213. The number of aliphatic hydroxyl groups is 11. The molecule has 3 fully saturated rings. The lowest BCUT2D eigenvalue weighted by Crippen LogP contribution is -2.66. The zero-order valence-corrected chi connectivity index (χ0v) is 60.9. The fourth-order valence-electron chi connectivity index (χ4n) is 12.6. The fraction of sp³-hybridized carbons (Fsp3) is 0.787. The molecule has 17 unspecified atom stereocenters. The van der Waals surface area contributed by atoms with Gasteiger partial charge in [0.1, 0.15) is 73.2 Å². The standard InChI is InChI=1S/C80H139NO18/c1-3-5-7-9-11-13-15-17-19-21-23-25-27-28-29-30-31-32-33-34-36-37-39-41-43-45-47-49-51-53-55-57-64(85)63(81-68(86)58-56-54-52-50-48-46-44-42-40-38-35-26-24-22-20-18-16-14-12-10-8-6-4-2)62-94-78-74(92)71(89)76(66(60-83)96-78)99-80-75(93)72(90)77(67(61-84)97-80)98-79-73(91)70(88)69(87)65(59-82)95-79/h6,8,12,14,18,20,24,26,38-41,47,49,55,57,63-67,69-80,82-85,87-93H,3-5,7,9-11,13,15-17,19,21-23,25,27-37,42-46,48,50-54,56,58-62H2,1-2H3,(H,81,86)/b8-6-,14-12-,20-18-,26-24-,40-38-,41-39+,49-47+,57-55+. The first-order valence-electron chi connectivity index (χ1n) is 39.0. The Balaban J connectivity index is 1.41. The van der Waals surface area contributed by atoms with Crippen LogP contribution in [0.25, 0.3) is 0 Å². The fourth-order valence-corrected chi connectivity index (χ4v) is 12.6. The van der Waals surface area contributed by atoms with E-state index < -0.39 is 124 Å². The summed E-state index contributed by atoms with van der Waals surface area (Å²) in [6, 6.07) is -1.01. The summed E-state index contributed by atoms with van der Waals surface area (Å²) in [5, 5.41) is 121. The van der Waals surface area contributed by atoms with Gasteiger partial charge in [-0.1, -0.05) is 272 Å². The third-order valence-corrected chi connectivity index (χ3v) is 18.8. The van der Waals surface area contributed by atoms with Crippen molar-refractivity contribution in [2.75, 3.05) is 26.4 Å². The average molecular weight is 1400 g/mol. The van der Waals surface area contributed by atoms with Gasteiger partial charge >= 0.3 is 0 Å². The number of aliphatic hydroxyl groups excluding tert-OH is 11. The lowest BCUT2D eigenvalue weighted by molar-refractivity contribution is -0.379. The van der Waals surface area contributed by atoms with E-state index in [1.807, 2.05) is 6.08 Å². The zero-order chi connectivity index (χ0) is 71.8. The molecule has 0 saturated carbocycles. The molecule has 3 rings (SSSR count). The Morgan fingerprint density at radius 2 is 0.707 bits per heavy atom. The molecule has 0 radical (unpaired) electrons. The van der Waals surface area contributed by atoms with E-state index in [4.69, 9.17) is 28.4 Å². The molecule has 0 bridgehead atoms. The highest BCUT2D eigenvalue weighted by molar-refractivity contribution is 5.76. The van der Waals surface area contributed by atoms with Crippen molar-refractivity contribution in [3.05, 3.63) is 97.2 Å². The minimum Gasteiger partial charge on any atom is -0.394 e. The number of rotatable bonds is 60. The van der Waals surface area contributed by atoms with Gasteiger partial charge in [-0.15, -0.1) is 0 Å². The van der Waals surface area contributed by atoms with Gasteiger partial charge in [-0.2, -0.15) is 0 Å². The number of hydrogen-bond acceptors (Lipinski definition) is 18. The Morgan fingerprint density at radius 1 is 0.374 bits per heavy atom. The normalized spacial score (nSPS) is 27.1. The predicted octanol–water partition coefficient (Wildman–Crippen LogP) is 12.4. The summed E-state index contributed by atoms with van der Waals surface area (Å²) >= 11 is 0. The van der Waals surface area contributed by atoms with Crippen LogP contribution in [0.4, 0.5) is 0 Å². The van der Waals surface area contributed by atoms with E-state index in [1.54, 1.807) is 6.08 Å². The number of nitrogens with one attached hydrogen (secondary N) is 1. The van der Waals surface area contributed by atoms with Crippen molar-refractivity contribution in [3.8, 4) is 0 Å². The van der Waals surface area contributed by atoms with Crippen molar-refractivity contribution < 1.29 is 89.4 Å². The molecule has 3 aliphatic rings. The first kappa shape index (κ1) is 89.9. The average Bonchev–Trinajstić information content (AvgIpc) is 0.782. The first-order valence-corrected chi connectivity index (χ1v) is 39.0. The van der Waals surface area contributed by atoms with E-state index in [0.29, 0.717) is 12.8 Å². The summed E-state index contributed by atoms with van der Waals surface area (Å²) in [5.74, 6) is -0.303. The van der Waals surface area contributed by atoms with Crippen molar-refractivity contribution in [2.45, 2.75) is 375 Å². The Hall–Kier alpha value is -3.29. The molecule has 0 spiro atoms. The van der Waals surface area contributed by atoms with Gasteiger partial charge in [-0.05, 0) is 89.9 Å². The Kier molecular flexibility index (Phi) is 54.5. The highest BCUT2D eigenvalue weighted by Gasteiger charge is 2.53. The maximum Gasteiger partial charge on any atom is 0.220 e. The third kappa shape index (κ3) is 40.5. The SMILES string of the molecule is CC/C=C\C/C=C\C/C=C\C/C=C\C/C=C\CCCCCCCCCC(=O)NC(COC1OC(CO)C(OC2OC(CO)C(OC3OC(CO)C(O)C(O)C3O)C(O)C2O)C(O)C1O)C(O)/C=C/CC/C=C/CC/C=C/CCCCCCCCCCCCCCCCCCCCCCC. The summed E-state index contributed by atoms with van der Waals surface area (Å²) in [4.78, 5) is 13.4. The van der Waals surface area contributed by atoms with Gasteiger partial charge in [0.2, 0.25) is 5.91 Å². The van der Waals surface area contributed by atoms with E-state index >= 15 is 0 Å². The van der Waals surface area contributed by atoms with E-state index in [-0.39, 0.29) is 18.9 Å². The molecule has 3 aliphatic heterocycles. The molecule has 3 saturated heterocycles. The third-order valence-electron chi connectivity index (χ3n) is 18.8. The first-order chi connectivity index (χ1) is 48.3. The summed E-state index contributed by atoms with van der Waals surface area (Å²) in [6.45, 7) is 1.60. The van der Waals surface area contributed by atoms with E-state index in [1.165, 1.54) is 135 Å². The Bertz CT molecular complexity index is 2170. The van der Waals surface area contributed by atoms with E-state index in [9.17, 15) is 61.0 Å². The summed E-state index contributed by atoms with van der Waals surface area (Å²) in [6.07, 6.45) is 53.9. The summed E-state index contributed by atoms with van der Waals surface area (Å²) < 4.78 is 34.4. The Labute approximate surface area is 596 Å². The van der Waals surface area contributed by atoms with Crippen LogP contribution >= 0.6 is 0 Å². The monoisotopic (exact) mass is 1400 g/mol. The number of allylic oxidation sites excluding steroid dienone is 15. The lowest BCUT2D eigenvalue weighted by atomic mass is 9.96. The second kappa shape index (κ2) is 60.0. The van der Waals surface area contributed by atoms with Crippen LogP contribution in [0.3, 0.4) is 0 Å². The number of carbonyl (C=O) groups excluding carboxylic acids is 1. The number of unbranched alkanes of at least 4 members (excludes halogenated alkanes) is 30. The van der Waals surface area contributed by atoms with Gasteiger partial charge in [0.15, 0.2) is 18.9 Å². The van der Waals surface area contributed by atoms with Crippen LogP contribution in [0, 0.1) is 0 Å². The van der Waals surface area contributed by atoms with Crippen LogP contribution in [0.2, 0.25) is 0 Å².